The summed E-state index contributed by atoms with van der Waals surface area (Å²) in [6, 6.07) is 65.0. The molecule has 6 N–H and O–H groups in total. The van der Waals surface area contributed by atoms with Gasteiger partial charge in [0.05, 0.1) is 15.8 Å². The molecule has 19 heteroatoms. The van der Waals surface area contributed by atoms with Gasteiger partial charge >= 0.3 is 31.4 Å². The minimum absolute atomic E-state index is 0. The molecule has 0 aliphatic rings. The van der Waals surface area contributed by atoms with E-state index < -0.39 is 47.1 Å². The Labute approximate surface area is 342 Å². The van der Waals surface area contributed by atoms with Crippen LogP contribution in [0.1, 0.15) is 0 Å². The Hall–Kier alpha value is -3.84. The molecular formula is C38H38F6O8P2PdS2+4. The summed E-state index contributed by atoms with van der Waals surface area (Å²) in [5, 5.41) is 8.61. The molecule has 6 rings (SSSR count). The summed E-state index contributed by atoms with van der Waals surface area (Å²) < 4.78 is 118. The third-order valence-corrected chi connectivity index (χ3v) is 13.5. The molecule has 0 amide bonds. The standard InChI is InChI=1S/2C18H15P.2CHF3O3S.2H2O.Pd/c2*1-4-10-16(11-5-1)19(17-12-6-2-7-13-17)18-14-8-3-9-15-18;2*2-1(3,4)8(5,6)7;;;/h2*1-15H;2*(H,5,6,7);2*1H2;/q;;;;;;+2/p+2. The fraction of sp³-hybridized carbons (Fsp3) is 0.0526. The van der Waals surface area contributed by atoms with Crippen LogP contribution in [0.2, 0.25) is 0 Å². The van der Waals surface area contributed by atoms with Gasteiger partial charge in [-0.25, -0.2) is 16.8 Å². The van der Waals surface area contributed by atoms with E-state index in [1.807, 2.05) is 0 Å². The van der Waals surface area contributed by atoms with E-state index >= 15 is 0 Å². The van der Waals surface area contributed by atoms with Crippen LogP contribution in [-0.2, 0) is 51.6 Å². The summed E-state index contributed by atoms with van der Waals surface area (Å²) >= 11 is 0. The fourth-order valence-corrected chi connectivity index (χ4v) is 9.78. The van der Waals surface area contributed by atoms with Crippen molar-refractivity contribution in [1.82, 2.24) is 0 Å². The van der Waals surface area contributed by atoms with Crippen LogP contribution < -0.4 is 31.8 Å². The first-order valence-electron chi connectivity index (χ1n) is 15.5. The molecule has 8 nitrogen and oxygen atoms in total. The van der Waals surface area contributed by atoms with Crippen molar-refractivity contribution < 1.29 is 83.7 Å². The van der Waals surface area contributed by atoms with Crippen LogP contribution in [0, 0.1) is 0 Å². The zero-order valence-corrected chi connectivity index (χ0v) is 34.5. The van der Waals surface area contributed by atoms with E-state index in [0.717, 1.165) is 0 Å². The SMILES string of the molecule is O=S(=O)([O-])C(F)(F)F.O=S(=O)([O-])C(F)(F)F.[OH3+].[OH3+].[Pd+2].c1ccc([PH+](c2ccccc2)c2ccccc2)cc1.c1ccc([PH+](c2ccccc2)c2ccccc2)cc1. The molecular weight excluding hydrogens is 931 g/mol. The fourth-order valence-electron chi connectivity index (χ4n) is 4.63. The van der Waals surface area contributed by atoms with Gasteiger partial charge in [0.2, 0.25) is 0 Å². The third kappa shape index (κ3) is 17.7. The third-order valence-electron chi connectivity index (χ3n) is 6.94. The number of halogens is 6. The van der Waals surface area contributed by atoms with Crippen LogP contribution in [0.15, 0.2) is 182 Å². The molecule has 0 aliphatic heterocycles. The van der Waals surface area contributed by atoms with Crippen LogP contribution >= 0.6 is 15.8 Å². The summed E-state index contributed by atoms with van der Waals surface area (Å²) in [7, 11) is -13.9. The maximum absolute atomic E-state index is 10.7. The second-order valence-electron chi connectivity index (χ2n) is 10.7. The maximum Gasteiger partial charge on any atom is 2.00 e. The Kier molecular flexibility index (Phi) is 23.2. The second-order valence-corrected chi connectivity index (χ2v) is 18.5. The van der Waals surface area contributed by atoms with Gasteiger partial charge in [-0.05, 0) is 72.8 Å². The second kappa shape index (κ2) is 24.8. The zero-order chi connectivity index (χ0) is 39.8. The maximum atomic E-state index is 10.7. The van der Waals surface area contributed by atoms with E-state index in [1.165, 1.54) is 31.8 Å². The van der Waals surface area contributed by atoms with Crippen molar-refractivity contribution in [3.63, 3.8) is 0 Å². The number of hydrogen-bond acceptors (Lipinski definition) is 6. The minimum atomic E-state index is -6.09. The van der Waals surface area contributed by atoms with Gasteiger partial charge in [-0.1, -0.05) is 109 Å². The van der Waals surface area contributed by atoms with Crippen LogP contribution in [0.5, 0.6) is 0 Å². The Bertz CT molecular complexity index is 1850. The van der Waals surface area contributed by atoms with Gasteiger partial charge in [-0.15, -0.1) is 0 Å². The molecule has 0 spiro atoms. The van der Waals surface area contributed by atoms with Crippen molar-refractivity contribution >= 4 is 67.9 Å². The molecule has 0 heterocycles. The summed E-state index contributed by atoms with van der Waals surface area (Å²) in [5.41, 5.74) is -11.3. The quantitative estimate of drug-likeness (QED) is 0.0588. The summed E-state index contributed by atoms with van der Waals surface area (Å²) in [6.45, 7) is 0. The first-order chi connectivity index (χ1) is 25.4. The largest absolute Gasteiger partial charge is 2.00 e. The molecule has 0 saturated carbocycles. The van der Waals surface area contributed by atoms with Crippen LogP contribution in [0.25, 0.3) is 0 Å². The Morgan fingerprint density at radius 3 is 0.526 bits per heavy atom. The Morgan fingerprint density at radius 2 is 0.439 bits per heavy atom. The van der Waals surface area contributed by atoms with E-state index in [9.17, 15) is 26.3 Å². The van der Waals surface area contributed by atoms with Crippen LogP contribution in [0.4, 0.5) is 26.3 Å². The van der Waals surface area contributed by atoms with Gasteiger partial charge in [0.1, 0.15) is 31.8 Å². The van der Waals surface area contributed by atoms with Crippen molar-refractivity contribution in [3.8, 4) is 0 Å². The van der Waals surface area contributed by atoms with E-state index in [4.69, 9.17) is 25.9 Å². The predicted octanol–water partition coefficient (Wildman–Crippen LogP) is 4.61. The average molecular weight is 969 g/mol. The molecule has 0 atom stereocenters. The van der Waals surface area contributed by atoms with Gasteiger partial charge < -0.3 is 20.1 Å². The Balaban J connectivity index is 0.000000779. The van der Waals surface area contributed by atoms with Crippen LogP contribution in [-0.4, -0.2) is 37.0 Å². The van der Waals surface area contributed by atoms with Gasteiger partial charge in [0.15, 0.2) is 20.2 Å². The zero-order valence-electron chi connectivity index (χ0n) is 29.3. The molecule has 0 unspecified atom stereocenters. The van der Waals surface area contributed by atoms with E-state index in [-0.39, 0.29) is 31.4 Å². The Morgan fingerprint density at radius 1 is 0.333 bits per heavy atom. The average Bonchev–Trinajstić information content (AvgIpc) is 3.14. The monoisotopic (exact) mass is 968 g/mol. The first kappa shape index (κ1) is 53.2. The molecule has 6 aromatic carbocycles. The first-order valence-corrected chi connectivity index (χ1v) is 21.3. The summed E-state index contributed by atoms with van der Waals surface area (Å²) in [4.78, 5) is 0. The molecule has 6 aromatic rings. The number of hydrogen-bond donors (Lipinski definition) is 0. The summed E-state index contributed by atoms with van der Waals surface area (Å²) in [6.07, 6.45) is 0. The normalized spacial score (nSPS) is 11.0. The summed E-state index contributed by atoms with van der Waals surface area (Å²) in [5.74, 6) is 0. The number of alkyl halides is 6. The molecule has 0 aromatic heterocycles. The van der Waals surface area contributed by atoms with Crippen molar-refractivity contribution in [2.45, 2.75) is 11.0 Å². The molecule has 0 fully saturated rings. The van der Waals surface area contributed by atoms with Crippen molar-refractivity contribution in [1.29, 1.82) is 0 Å². The van der Waals surface area contributed by atoms with Gasteiger partial charge in [0, 0.05) is 0 Å². The van der Waals surface area contributed by atoms with Gasteiger partial charge in [-0.3, -0.25) is 0 Å². The van der Waals surface area contributed by atoms with E-state index in [0.29, 0.717) is 0 Å². The molecule has 0 aliphatic carbocycles. The predicted molar refractivity (Wildman–Crippen MR) is 214 cm³/mol. The number of rotatable bonds is 6. The molecule has 57 heavy (non-hydrogen) atoms. The van der Waals surface area contributed by atoms with Gasteiger partial charge in [-0.2, -0.15) is 26.3 Å². The molecule has 0 saturated heterocycles. The number of benzene rings is 6. The molecule has 308 valence electrons. The smallest absolute Gasteiger partial charge is 0.741 e. The van der Waals surface area contributed by atoms with E-state index in [2.05, 4.69) is 182 Å². The van der Waals surface area contributed by atoms with Crippen molar-refractivity contribution in [3.05, 3.63) is 182 Å². The van der Waals surface area contributed by atoms with Crippen LogP contribution in [0.3, 0.4) is 0 Å². The minimum Gasteiger partial charge on any atom is -0.741 e. The van der Waals surface area contributed by atoms with E-state index in [1.54, 1.807) is 0 Å². The van der Waals surface area contributed by atoms with Crippen molar-refractivity contribution in [2.75, 3.05) is 0 Å². The van der Waals surface area contributed by atoms with Crippen molar-refractivity contribution in [2.24, 2.45) is 0 Å². The van der Waals surface area contributed by atoms with Gasteiger partial charge in [0.25, 0.3) is 0 Å². The molecule has 0 radical (unpaired) electrons. The molecule has 0 bridgehead atoms. The topological polar surface area (TPSA) is 180 Å².